The molecule has 0 unspecified atom stereocenters. The molecule has 5 heteroatoms. The molecule has 5 nitrogen and oxygen atoms in total. The summed E-state index contributed by atoms with van der Waals surface area (Å²) in [7, 11) is 0. The van der Waals surface area contributed by atoms with E-state index in [9.17, 15) is 9.59 Å². The number of rotatable bonds is 8. The topological polar surface area (TPSA) is 67.4 Å². The third-order valence-corrected chi connectivity index (χ3v) is 6.32. The average molecular weight is 437 g/mol. The molecule has 0 spiro atoms. The van der Waals surface area contributed by atoms with Gasteiger partial charge in [0.05, 0.1) is 5.41 Å². The molecule has 1 heterocycles. The second-order valence-corrected chi connectivity index (χ2v) is 9.22. The molecule has 2 aromatic carbocycles. The van der Waals surface area contributed by atoms with E-state index in [1.165, 1.54) is 0 Å². The van der Waals surface area contributed by atoms with E-state index in [4.69, 9.17) is 4.74 Å². The van der Waals surface area contributed by atoms with Crippen molar-refractivity contribution in [3.05, 3.63) is 59.7 Å². The molecule has 2 amide bonds. The summed E-state index contributed by atoms with van der Waals surface area (Å²) < 4.78 is 5.61. The normalized spacial score (nSPS) is 16.4. The first kappa shape index (κ1) is 24.0. The Kier molecular flexibility index (Phi) is 8.08. The van der Waals surface area contributed by atoms with Crippen LogP contribution in [-0.2, 0) is 16.0 Å². The van der Waals surface area contributed by atoms with Gasteiger partial charge in [-0.25, -0.2) is 0 Å². The van der Waals surface area contributed by atoms with Crippen LogP contribution >= 0.6 is 0 Å². The van der Waals surface area contributed by atoms with Gasteiger partial charge in [-0.05, 0) is 75.3 Å². The Balaban J connectivity index is 1.93. The van der Waals surface area contributed by atoms with Crippen molar-refractivity contribution in [3.63, 3.8) is 0 Å². The van der Waals surface area contributed by atoms with E-state index in [0.717, 1.165) is 23.1 Å². The fraction of sp³-hybridized carbons (Fsp3) is 0.481. The molecule has 1 aliphatic rings. The summed E-state index contributed by atoms with van der Waals surface area (Å²) in [6.07, 6.45) is 2.97. The van der Waals surface area contributed by atoms with E-state index < -0.39 is 5.41 Å². The molecule has 172 valence electrons. The van der Waals surface area contributed by atoms with E-state index in [2.05, 4.69) is 29.7 Å². The molecule has 0 aliphatic carbocycles. The highest BCUT2D eigenvalue weighted by molar-refractivity contribution is 5.95. The Labute approximate surface area is 191 Å². The molecular formula is C27H36N2O3. The molecule has 0 radical (unpaired) electrons. The molecule has 32 heavy (non-hydrogen) atoms. The summed E-state index contributed by atoms with van der Waals surface area (Å²) >= 11 is 0. The van der Waals surface area contributed by atoms with Crippen LogP contribution in [-0.4, -0.2) is 37.1 Å². The number of benzene rings is 2. The van der Waals surface area contributed by atoms with Gasteiger partial charge in [0.1, 0.15) is 0 Å². The van der Waals surface area contributed by atoms with Crippen LogP contribution in [0, 0.1) is 5.41 Å². The Hall–Kier alpha value is -2.66. The monoisotopic (exact) mass is 436 g/mol. The van der Waals surface area contributed by atoms with Crippen molar-refractivity contribution in [1.82, 2.24) is 10.6 Å². The Morgan fingerprint density at radius 3 is 2.41 bits per heavy atom. The minimum absolute atomic E-state index is 0.0758. The van der Waals surface area contributed by atoms with Crippen molar-refractivity contribution in [2.24, 2.45) is 5.41 Å². The highest BCUT2D eigenvalue weighted by Gasteiger charge is 2.40. The predicted octanol–water partition coefficient (Wildman–Crippen LogP) is 4.75. The lowest BCUT2D eigenvalue weighted by molar-refractivity contribution is -0.137. The molecule has 1 aliphatic heterocycles. The fourth-order valence-corrected chi connectivity index (χ4v) is 4.22. The first-order chi connectivity index (χ1) is 15.3. The third kappa shape index (κ3) is 5.77. The number of nitrogens with one attached hydrogen (secondary N) is 2. The second kappa shape index (κ2) is 10.8. The predicted molar refractivity (Wildman–Crippen MR) is 129 cm³/mol. The fourth-order valence-electron chi connectivity index (χ4n) is 4.22. The number of ether oxygens (including phenoxy) is 1. The zero-order chi connectivity index (χ0) is 23.1. The summed E-state index contributed by atoms with van der Waals surface area (Å²) in [5, 5.41) is 6.17. The summed E-state index contributed by atoms with van der Waals surface area (Å²) in [5.74, 6) is 0.0446. The highest BCUT2D eigenvalue weighted by atomic mass is 16.5. The molecule has 1 fully saturated rings. The van der Waals surface area contributed by atoms with Gasteiger partial charge in [-0.1, -0.05) is 43.3 Å². The maximum atomic E-state index is 13.4. The van der Waals surface area contributed by atoms with Crippen LogP contribution in [0.4, 0.5) is 0 Å². The van der Waals surface area contributed by atoms with Gasteiger partial charge in [0, 0.05) is 30.9 Å². The zero-order valence-corrected chi connectivity index (χ0v) is 19.7. The smallest absolute Gasteiger partial charge is 0.251 e. The Bertz CT molecular complexity index is 932. The lowest BCUT2D eigenvalue weighted by Crippen LogP contribution is -2.48. The molecule has 0 aromatic heterocycles. The number of carbonyl (C=O) groups excluding carboxylic acids is 2. The highest BCUT2D eigenvalue weighted by Crippen LogP contribution is 2.38. The van der Waals surface area contributed by atoms with Gasteiger partial charge in [-0.15, -0.1) is 0 Å². The van der Waals surface area contributed by atoms with Crippen LogP contribution in [0.15, 0.2) is 48.5 Å². The summed E-state index contributed by atoms with van der Waals surface area (Å²) in [4.78, 5) is 25.9. The van der Waals surface area contributed by atoms with Crippen molar-refractivity contribution in [1.29, 1.82) is 0 Å². The SMILES string of the molecule is CC[C@H](C)NC(=O)C1(Cc2ccccc2-c2cccc(C(=O)NC(C)C)c2)CCOCC1. The van der Waals surface area contributed by atoms with Gasteiger partial charge in [0.2, 0.25) is 5.91 Å². The third-order valence-electron chi connectivity index (χ3n) is 6.32. The minimum Gasteiger partial charge on any atom is -0.381 e. The number of carbonyl (C=O) groups is 2. The molecular weight excluding hydrogens is 400 g/mol. The van der Waals surface area contributed by atoms with Crippen molar-refractivity contribution < 1.29 is 14.3 Å². The zero-order valence-electron chi connectivity index (χ0n) is 19.7. The van der Waals surface area contributed by atoms with Gasteiger partial charge >= 0.3 is 0 Å². The largest absolute Gasteiger partial charge is 0.381 e. The maximum absolute atomic E-state index is 13.4. The van der Waals surface area contributed by atoms with Crippen molar-refractivity contribution in [2.45, 2.75) is 65.5 Å². The molecule has 3 rings (SSSR count). The number of hydrogen-bond acceptors (Lipinski definition) is 3. The Morgan fingerprint density at radius 1 is 1.00 bits per heavy atom. The van der Waals surface area contributed by atoms with Crippen molar-refractivity contribution in [3.8, 4) is 11.1 Å². The summed E-state index contributed by atoms with van der Waals surface area (Å²) in [6.45, 7) is 9.23. The average Bonchev–Trinajstić information content (AvgIpc) is 2.79. The van der Waals surface area contributed by atoms with Crippen LogP contribution in [0.25, 0.3) is 11.1 Å². The summed E-state index contributed by atoms with van der Waals surface area (Å²) in [5.41, 5.74) is 3.33. The van der Waals surface area contributed by atoms with Gasteiger partial charge in [0.15, 0.2) is 0 Å². The molecule has 1 atom stereocenters. The van der Waals surface area contributed by atoms with Crippen LogP contribution in [0.3, 0.4) is 0 Å². The van der Waals surface area contributed by atoms with E-state index in [0.29, 0.717) is 38.0 Å². The van der Waals surface area contributed by atoms with Gasteiger partial charge < -0.3 is 15.4 Å². The van der Waals surface area contributed by atoms with Crippen molar-refractivity contribution >= 4 is 11.8 Å². The minimum atomic E-state index is -0.482. The first-order valence-electron chi connectivity index (χ1n) is 11.7. The van der Waals surface area contributed by atoms with Crippen LogP contribution in [0.1, 0.15) is 62.9 Å². The standard InChI is InChI=1S/C27H36N2O3/c1-5-20(4)29-26(31)27(13-15-32-16-14-27)18-23-9-6-7-12-24(23)21-10-8-11-22(17-21)25(30)28-19(2)3/h6-12,17,19-20H,5,13-16,18H2,1-4H3,(H,28,30)(H,29,31)/t20-/m0/s1. The van der Waals surface area contributed by atoms with Crippen molar-refractivity contribution in [2.75, 3.05) is 13.2 Å². The number of amides is 2. The van der Waals surface area contributed by atoms with Gasteiger partial charge in [-0.2, -0.15) is 0 Å². The summed E-state index contributed by atoms with van der Waals surface area (Å²) in [6, 6.07) is 16.2. The van der Waals surface area contributed by atoms with E-state index in [-0.39, 0.29) is 23.9 Å². The molecule has 0 saturated carbocycles. The molecule has 2 aromatic rings. The molecule has 2 N–H and O–H groups in total. The maximum Gasteiger partial charge on any atom is 0.251 e. The molecule has 0 bridgehead atoms. The van der Waals surface area contributed by atoms with Crippen LogP contribution in [0.5, 0.6) is 0 Å². The lowest BCUT2D eigenvalue weighted by atomic mass is 9.73. The van der Waals surface area contributed by atoms with Crippen LogP contribution in [0.2, 0.25) is 0 Å². The number of hydrogen-bond donors (Lipinski definition) is 2. The Morgan fingerprint density at radius 2 is 1.72 bits per heavy atom. The van der Waals surface area contributed by atoms with Gasteiger partial charge in [0.25, 0.3) is 5.91 Å². The van der Waals surface area contributed by atoms with Gasteiger partial charge in [-0.3, -0.25) is 9.59 Å². The van der Waals surface area contributed by atoms with Crippen LogP contribution < -0.4 is 10.6 Å². The molecule has 1 saturated heterocycles. The lowest BCUT2D eigenvalue weighted by Gasteiger charge is -2.37. The second-order valence-electron chi connectivity index (χ2n) is 9.22. The first-order valence-corrected chi connectivity index (χ1v) is 11.7. The van der Waals surface area contributed by atoms with E-state index in [1.54, 1.807) is 0 Å². The quantitative estimate of drug-likeness (QED) is 0.628. The van der Waals surface area contributed by atoms with E-state index in [1.807, 2.05) is 57.2 Å². The van der Waals surface area contributed by atoms with E-state index >= 15 is 0 Å².